The van der Waals surface area contributed by atoms with Crippen molar-refractivity contribution in [3.8, 4) is 39.1 Å². The molecule has 0 N–H and O–H groups in total. The van der Waals surface area contributed by atoms with Crippen LogP contribution in [0.3, 0.4) is 0 Å². The molecule has 2 aromatic heterocycles. The van der Waals surface area contributed by atoms with Gasteiger partial charge >= 0.3 is 0 Å². The highest BCUT2D eigenvalue weighted by molar-refractivity contribution is 6.10. The molecule has 3 nitrogen and oxygen atoms in total. The van der Waals surface area contributed by atoms with Gasteiger partial charge in [-0.25, -0.2) is 0 Å². The van der Waals surface area contributed by atoms with Crippen LogP contribution in [0.4, 0.5) is 17.1 Å². The molecular formula is C54H36N2O. The van der Waals surface area contributed by atoms with Crippen molar-refractivity contribution in [2.45, 2.75) is 0 Å². The van der Waals surface area contributed by atoms with Gasteiger partial charge in [0.05, 0.1) is 16.7 Å². The first-order chi connectivity index (χ1) is 28.3. The number of hydrogen-bond donors (Lipinski definition) is 0. The number of fused-ring (bicyclic) bond motifs is 6. The van der Waals surface area contributed by atoms with Crippen molar-refractivity contribution in [2.24, 2.45) is 0 Å². The number of nitrogens with zero attached hydrogens (tertiary/aromatic N) is 2. The first-order valence-corrected chi connectivity index (χ1v) is 19.4. The van der Waals surface area contributed by atoms with Crippen molar-refractivity contribution in [3.63, 3.8) is 0 Å². The molecule has 0 saturated heterocycles. The normalized spacial score (nSPS) is 11.5. The first-order valence-electron chi connectivity index (χ1n) is 19.4. The Bertz CT molecular complexity index is 3180. The van der Waals surface area contributed by atoms with E-state index in [2.05, 4.69) is 216 Å². The quantitative estimate of drug-likeness (QED) is 0.163. The Kier molecular flexibility index (Phi) is 7.82. The Labute approximate surface area is 330 Å². The second kappa shape index (κ2) is 13.6. The predicted molar refractivity (Wildman–Crippen MR) is 239 cm³/mol. The van der Waals surface area contributed by atoms with Crippen LogP contribution in [0.1, 0.15) is 0 Å². The molecule has 0 amide bonds. The number of rotatable bonds is 7. The van der Waals surface area contributed by atoms with Crippen LogP contribution in [0, 0.1) is 0 Å². The van der Waals surface area contributed by atoms with Crippen LogP contribution < -0.4 is 4.90 Å². The van der Waals surface area contributed by atoms with Gasteiger partial charge in [0, 0.05) is 50.2 Å². The van der Waals surface area contributed by atoms with Crippen LogP contribution in [0.2, 0.25) is 0 Å². The summed E-state index contributed by atoms with van der Waals surface area (Å²) in [6, 6.07) is 78.2. The molecule has 3 heteroatoms. The minimum atomic E-state index is 0.853. The lowest BCUT2D eigenvalue weighted by Gasteiger charge is -2.30. The van der Waals surface area contributed by atoms with Gasteiger partial charge in [-0.2, -0.15) is 0 Å². The van der Waals surface area contributed by atoms with E-state index in [0.29, 0.717) is 0 Å². The van der Waals surface area contributed by atoms with Crippen molar-refractivity contribution in [2.75, 3.05) is 4.90 Å². The monoisotopic (exact) mass is 728 g/mol. The number of hydrogen-bond acceptors (Lipinski definition) is 2. The molecule has 11 aromatic rings. The van der Waals surface area contributed by atoms with E-state index in [0.717, 1.165) is 66.9 Å². The third-order valence-corrected chi connectivity index (χ3v) is 11.2. The lowest BCUT2D eigenvalue weighted by Crippen LogP contribution is -2.12. The molecule has 0 spiro atoms. The summed E-state index contributed by atoms with van der Waals surface area (Å²) in [4.78, 5) is 2.39. The Morgan fingerprint density at radius 1 is 0.351 bits per heavy atom. The summed E-state index contributed by atoms with van der Waals surface area (Å²) < 4.78 is 8.89. The third-order valence-electron chi connectivity index (χ3n) is 11.2. The van der Waals surface area contributed by atoms with Crippen LogP contribution in [0.15, 0.2) is 223 Å². The zero-order valence-corrected chi connectivity index (χ0v) is 31.1. The van der Waals surface area contributed by atoms with Crippen molar-refractivity contribution in [3.05, 3.63) is 218 Å². The maximum Gasteiger partial charge on any atom is 0.137 e. The molecule has 268 valence electrons. The molecule has 57 heavy (non-hydrogen) atoms. The predicted octanol–water partition coefficient (Wildman–Crippen LogP) is 15.2. The van der Waals surface area contributed by atoms with Gasteiger partial charge in [-0.05, 0) is 88.5 Å². The molecule has 11 rings (SSSR count). The lowest BCUT2D eigenvalue weighted by molar-refractivity contribution is 0.669. The highest BCUT2D eigenvalue weighted by Crippen LogP contribution is 2.49. The van der Waals surface area contributed by atoms with Gasteiger partial charge in [-0.3, -0.25) is 0 Å². The fourth-order valence-electron chi connectivity index (χ4n) is 8.67. The lowest BCUT2D eigenvalue weighted by atomic mass is 9.87. The third kappa shape index (κ3) is 5.51. The molecule has 2 heterocycles. The standard InChI is InChI=1S/C54H36N2O/c1-3-16-37(17-4-1)42-20-7-8-24-48(42)54-43(38-18-5-2-6-19-38)25-15-28-51(54)55(41-34-35-47-46-23-11-14-29-52(46)57-53(47)36-41)39-30-32-40(33-31-39)56-49-26-12-9-21-44(49)45-22-10-13-27-50(45)56/h1-36H. The second-order valence-electron chi connectivity index (χ2n) is 14.5. The SMILES string of the molecule is c1ccc(-c2ccccc2-c2c(-c3ccccc3)cccc2N(c2ccc(-n3c4ccccc4c4ccccc43)cc2)c2ccc3c(c2)oc2ccccc23)cc1. The van der Waals surface area contributed by atoms with Gasteiger partial charge in [0.2, 0.25) is 0 Å². The molecule has 0 aliphatic rings. The van der Waals surface area contributed by atoms with E-state index in [9.17, 15) is 0 Å². The molecule has 0 radical (unpaired) electrons. The fourth-order valence-corrected chi connectivity index (χ4v) is 8.67. The summed E-state index contributed by atoms with van der Waals surface area (Å²) in [6.07, 6.45) is 0. The van der Waals surface area contributed by atoms with Crippen LogP contribution in [-0.2, 0) is 0 Å². The highest BCUT2D eigenvalue weighted by Gasteiger charge is 2.24. The summed E-state index contributed by atoms with van der Waals surface area (Å²) in [5.41, 5.74) is 15.3. The molecule has 9 aromatic carbocycles. The summed E-state index contributed by atoms with van der Waals surface area (Å²) in [5, 5.41) is 4.71. The van der Waals surface area contributed by atoms with E-state index in [-0.39, 0.29) is 0 Å². The second-order valence-corrected chi connectivity index (χ2v) is 14.5. The molecule has 0 saturated carbocycles. The Morgan fingerprint density at radius 3 is 1.58 bits per heavy atom. The summed E-state index contributed by atoms with van der Waals surface area (Å²) in [6.45, 7) is 0. The van der Waals surface area contributed by atoms with Gasteiger partial charge < -0.3 is 13.9 Å². The van der Waals surface area contributed by atoms with Gasteiger partial charge in [-0.15, -0.1) is 0 Å². The van der Waals surface area contributed by atoms with E-state index >= 15 is 0 Å². The van der Waals surface area contributed by atoms with E-state index in [1.54, 1.807) is 0 Å². The van der Waals surface area contributed by atoms with Crippen LogP contribution in [0.25, 0.3) is 82.8 Å². The fraction of sp³-hybridized carbons (Fsp3) is 0. The molecule has 0 aliphatic carbocycles. The molecule has 0 atom stereocenters. The number of anilines is 3. The molecule has 0 bridgehead atoms. The zero-order chi connectivity index (χ0) is 37.7. The number of aromatic nitrogens is 1. The van der Waals surface area contributed by atoms with Gasteiger partial charge in [0.1, 0.15) is 11.2 Å². The Hall–Kier alpha value is -7.62. The van der Waals surface area contributed by atoms with Crippen molar-refractivity contribution < 1.29 is 4.42 Å². The minimum Gasteiger partial charge on any atom is -0.456 e. The van der Waals surface area contributed by atoms with Gasteiger partial charge in [0.15, 0.2) is 0 Å². The van der Waals surface area contributed by atoms with E-state index in [1.165, 1.54) is 32.9 Å². The van der Waals surface area contributed by atoms with Gasteiger partial charge in [0.25, 0.3) is 0 Å². The molecule has 0 aliphatic heterocycles. The minimum absolute atomic E-state index is 0.853. The largest absolute Gasteiger partial charge is 0.456 e. The zero-order valence-electron chi connectivity index (χ0n) is 31.1. The number of para-hydroxylation sites is 3. The summed E-state index contributed by atoms with van der Waals surface area (Å²) in [5.74, 6) is 0. The molecule has 0 unspecified atom stereocenters. The Balaban J connectivity index is 1.17. The Morgan fingerprint density at radius 2 is 0.877 bits per heavy atom. The maximum absolute atomic E-state index is 6.52. The van der Waals surface area contributed by atoms with Crippen molar-refractivity contribution in [1.82, 2.24) is 4.57 Å². The molecule has 0 fully saturated rings. The smallest absolute Gasteiger partial charge is 0.137 e. The van der Waals surface area contributed by atoms with Crippen LogP contribution in [0.5, 0.6) is 0 Å². The van der Waals surface area contributed by atoms with Crippen LogP contribution in [-0.4, -0.2) is 4.57 Å². The number of furan rings is 1. The summed E-state index contributed by atoms with van der Waals surface area (Å²) in [7, 11) is 0. The first kappa shape index (κ1) is 32.8. The van der Waals surface area contributed by atoms with E-state index in [1.807, 2.05) is 12.1 Å². The van der Waals surface area contributed by atoms with E-state index < -0.39 is 0 Å². The highest BCUT2D eigenvalue weighted by atomic mass is 16.3. The maximum atomic E-state index is 6.52. The average Bonchev–Trinajstić information content (AvgIpc) is 3.83. The van der Waals surface area contributed by atoms with Gasteiger partial charge in [-0.1, -0.05) is 152 Å². The van der Waals surface area contributed by atoms with Crippen molar-refractivity contribution in [1.29, 1.82) is 0 Å². The summed E-state index contributed by atoms with van der Waals surface area (Å²) >= 11 is 0. The van der Waals surface area contributed by atoms with Crippen molar-refractivity contribution >= 4 is 60.8 Å². The molecular weight excluding hydrogens is 693 g/mol. The van der Waals surface area contributed by atoms with E-state index in [4.69, 9.17) is 4.42 Å². The number of benzene rings is 9. The average molecular weight is 729 g/mol. The topological polar surface area (TPSA) is 21.3 Å². The van der Waals surface area contributed by atoms with Crippen LogP contribution >= 0.6 is 0 Å².